The van der Waals surface area contributed by atoms with Crippen LogP contribution in [0.3, 0.4) is 0 Å². The van der Waals surface area contributed by atoms with Gasteiger partial charge < -0.3 is 11.1 Å². The predicted molar refractivity (Wildman–Crippen MR) is 67.2 cm³/mol. The fourth-order valence-electron chi connectivity index (χ4n) is 1.38. The van der Waals surface area contributed by atoms with Gasteiger partial charge in [-0.15, -0.1) is 5.10 Å². The molecule has 1 heterocycles. The van der Waals surface area contributed by atoms with Crippen LogP contribution in [0.15, 0.2) is 28.7 Å². The summed E-state index contributed by atoms with van der Waals surface area (Å²) in [5, 5.41) is 7.06. The van der Waals surface area contributed by atoms with Crippen LogP contribution in [0, 0.1) is 0 Å². The van der Waals surface area contributed by atoms with E-state index in [9.17, 15) is 0 Å². The van der Waals surface area contributed by atoms with Crippen molar-refractivity contribution < 1.29 is 0 Å². The van der Waals surface area contributed by atoms with Crippen LogP contribution in [0.4, 0.5) is 11.9 Å². The summed E-state index contributed by atoms with van der Waals surface area (Å²) in [4.78, 5) is 4.05. The number of nitrogens with zero attached hydrogens (tertiary/aromatic N) is 3. The molecule has 5 nitrogen and oxygen atoms in total. The van der Waals surface area contributed by atoms with Gasteiger partial charge in [0.2, 0.25) is 11.9 Å². The molecular weight excluding hydrogens is 270 g/mol. The van der Waals surface area contributed by atoms with Gasteiger partial charge in [-0.05, 0) is 17.7 Å². The number of halogens is 1. The SMILES string of the molecule is CNc1nc(N)n(Cc2cccc(Br)c2)n1. The van der Waals surface area contributed by atoms with E-state index >= 15 is 0 Å². The summed E-state index contributed by atoms with van der Waals surface area (Å²) in [5.41, 5.74) is 6.86. The van der Waals surface area contributed by atoms with Crippen molar-refractivity contribution in [3.63, 3.8) is 0 Å². The molecule has 0 radical (unpaired) electrons. The summed E-state index contributed by atoms with van der Waals surface area (Å²) in [5.74, 6) is 0.942. The van der Waals surface area contributed by atoms with Gasteiger partial charge in [0.05, 0.1) is 6.54 Å². The lowest BCUT2D eigenvalue weighted by molar-refractivity contribution is 0.698. The Morgan fingerprint density at radius 3 is 2.94 bits per heavy atom. The standard InChI is InChI=1S/C10H12BrN5/c1-13-10-14-9(12)16(15-10)6-7-3-2-4-8(11)5-7/h2-5H,6H2,1H3,(H3,12,13,14,15). The average Bonchev–Trinajstić information content (AvgIpc) is 2.60. The maximum atomic E-state index is 5.74. The fourth-order valence-corrected chi connectivity index (χ4v) is 1.83. The van der Waals surface area contributed by atoms with Gasteiger partial charge in [-0.2, -0.15) is 4.98 Å². The third kappa shape index (κ3) is 2.33. The van der Waals surface area contributed by atoms with E-state index in [4.69, 9.17) is 5.73 Å². The van der Waals surface area contributed by atoms with E-state index in [2.05, 4.69) is 31.3 Å². The van der Waals surface area contributed by atoms with E-state index in [1.165, 1.54) is 0 Å². The van der Waals surface area contributed by atoms with Gasteiger partial charge in [0, 0.05) is 11.5 Å². The third-order valence-corrected chi connectivity index (χ3v) is 2.64. The molecule has 0 bridgehead atoms. The largest absolute Gasteiger partial charge is 0.368 e. The van der Waals surface area contributed by atoms with Gasteiger partial charge in [0.25, 0.3) is 0 Å². The Morgan fingerprint density at radius 1 is 1.50 bits per heavy atom. The molecule has 0 spiro atoms. The Bertz CT molecular complexity index is 494. The second-order valence-corrected chi connectivity index (χ2v) is 4.25. The molecule has 0 unspecified atom stereocenters. The van der Waals surface area contributed by atoms with Gasteiger partial charge >= 0.3 is 0 Å². The lowest BCUT2D eigenvalue weighted by Crippen LogP contribution is -2.06. The lowest BCUT2D eigenvalue weighted by atomic mass is 10.2. The summed E-state index contributed by atoms with van der Waals surface area (Å²) in [7, 11) is 1.76. The number of rotatable bonds is 3. The van der Waals surface area contributed by atoms with Crippen LogP contribution in [-0.2, 0) is 6.54 Å². The zero-order valence-electron chi connectivity index (χ0n) is 8.81. The summed E-state index contributed by atoms with van der Waals surface area (Å²) < 4.78 is 2.70. The first-order chi connectivity index (χ1) is 7.69. The zero-order chi connectivity index (χ0) is 11.5. The number of benzene rings is 1. The number of nitrogens with one attached hydrogen (secondary N) is 1. The molecule has 0 atom stereocenters. The maximum absolute atomic E-state index is 5.74. The summed E-state index contributed by atoms with van der Waals surface area (Å²) in [6, 6.07) is 8.00. The Balaban J connectivity index is 2.23. The van der Waals surface area contributed by atoms with Crippen LogP contribution >= 0.6 is 15.9 Å². The number of hydrogen-bond acceptors (Lipinski definition) is 4. The molecule has 0 fully saturated rings. The van der Waals surface area contributed by atoms with Crippen molar-refractivity contribution in [1.82, 2.24) is 14.8 Å². The Hall–Kier alpha value is -1.56. The van der Waals surface area contributed by atoms with Crippen molar-refractivity contribution in [2.45, 2.75) is 6.54 Å². The van der Waals surface area contributed by atoms with Crippen molar-refractivity contribution in [2.75, 3.05) is 18.1 Å². The Labute approximate surface area is 102 Å². The summed E-state index contributed by atoms with van der Waals surface area (Å²) >= 11 is 3.42. The van der Waals surface area contributed by atoms with Gasteiger partial charge in [0.15, 0.2) is 0 Å². The molecule has 16 heavy (non-hydrogen) atoms. The summed E-state index contributed by atoms with van der Waals surface area (Å²) in [6.07, 6.45) is 0. The topological polar surface area (TPSA) is 68.8 Å². The number of anilines is 2. The smallest absolute Gasteiger partial charge is 0.243 e. The quantitative estimate of drug-likeness (QED) is 0.899. The summed E-state index contributed by atoms with van der Waals surface area (Å²) in [6.45, 7) is 0.611. The minimum absolute atomic E-state index is 0.407. The Kier molecular flexibility index (Phi) is 3.09. The molecule has 0 saturated heterocycles. The van der Waals surface area contributed by atoms with E-state index in [1.54, 1.807) is 11.7 Å². The van der Waals surface area contributed by atoms with E-state index in [0.717, 1.165) is 10.0 Å². The predicted octanol–water partition coefficient (Wildman–Crippen LogP) is 1.71. The molecule has 2 aromatic rings. The molecule has 0 amide bonds. The molecule has 0 aliphatic carbocycles. The molecule has 0 aliphatic heterocycles. The number of hydrogen-bond donors (Lipinski definition) is 2. The second-order valence-electron chi connectivity index (χ2n) is 3.33. The molecular formula is C10H12BrN5. The van der Waals surface area contributed by atoms with Crippen LogP contribution < -0.4 is 11.1 Å². The van der Waals surface area contributed by atoms with Crippen LogP contribution in [0.25, 0.3) is 0 Å². The normalized spacial score (nSPS) is 10.4. The Morgan fingerprint density at radius 2 is 2.31 bits per heavy atom. The van der Waals surface area contributed by atoms with Crippen molar-refractivity contribution >= 4 is 27.8 Å². The van der Waals surface area contributed by atoms with Gasteiger partial charge in [0.1, 0.15) is 0 Å². The van der Waals surface area contributed by atoms with Crippen molar-refractivity contribution in [2.24, 2.45) is 0 Å². The highest BCUT2D eigenvalue weighted by molar-refractivity contribution is 9.10. The molecule has 1 aromatic heterocycles. The van der Waals surface area contributed by atoms with Gasteiger partial charge in [-0.3, -0.25) is 0 Å². The van der Waals surface area contributed by atoms with Crippen LogP contribution in [0.1, 0.15) is 5.56 Å². The number of nitrogens with two attached hydrogens (primary N) is 1. The van der Waals surface area contributed by atoms with Crippen LogP contribution in [0.5, 0.6) is 0 Å². The molecule has 6 heteroatoms. The van der Waals surface area contributed by atoms with Crippen LogP contribution in [0.2, 0.25) is 0 Å². The minimum Gasteiger partial charge on any atom is -0.368 e. The van der Waals surface area contributed by atoms with Gasteiger partial charge in [-0.25, -0.2) is 4.68 Å². The number of aromatic nitrogens is 3. The van der Waals surface area contributed by atoms with Crippen molar-refractivity contribution in [3.8, 4) is 0 Å². The zero-order valence-corrected chi connectivity index (χ0v) is 10.4. The lowest BCUT2D eigenvalue weighted by Gasteiger charge is -2.03. The molecule has 0 saturated carbocycles. The number of nitrogen functional groups attached to an aromatic ring is 1. The highest BCUT2D eigenvalue weighted by atomic mass is 79.9. The first-order valence-corrected chi connectivity index (χ1v) is 5.61. The first-order valence-electron chi connectivity index (χ1n) is 4.81. The molecule has 84 valence electrons. The van der Waals surface area contributed by atoms with Crippen molar-refractivity contribution in [1.29, 1.82) is 0 Å². The third-order valence-electron chi connectivity index (χ3n) is 2.15. The molecule has 1 aromatic carbocycles. The highest BCUT2D eigenvalue weighted by Gasteiger charge is 2.05. The fraction of sp³-hybridized carbons (Fsp3) is 0.200. The molecule has 2 rings (SSSR count). The van der Waals surface area contributed by atoms with E-state index in [-0.39, 0.29) is 0 Å². The van der Waals surface area contributed by atoms with Crippen LogP contribution in [-0.4, -0.2) is 21.8 Å². The van der Waals surface area contributed by atoms with E-state index < -0.39 is 0 Å². The molecule has 0 aliphatic rings. The van der Waals surface area contributed by atoms with E-state index in [0.29, 0.717) is 18.4 Å². The van der Waals surface area contributed by atoms with Crippen molar-refractivity contribution in [3.05, 3.63) is 34.3 Å². The van der Waals surface area contributed by atoms with Gasteiger partial charge in [-0.1, -0.05) is 28.1 Å². The maximum Gasteiger partial charge on any atom is 0.243 e. The first kappa shape index (κ1) is 10.9. The minimum atomic E-state index is 0.407. The second kappa shape index (κ2) is 4.52. The van der Waals surface area contributed by atoms with E-state index in [1.807, 2.05) is 24.3 Å². The molecule has 3 N–H and O–H groups in total. The monoisotopic (exact) mass is 281 g/mol. The highest BCUT2D eigenvalue weighted by Crippen LogP contribution is 2.14. The average molecular weight is 282 g/mol.